The molecule has 0 N–H and O–H groups in total. The van der Waals surface area contributed by atoms with Crippen molar-refractivity contribution in [2.75, 3.05) is 0 Å². The molecule has 3 heteroatoms. The monoisotopic (exact) mass is 120 g/mol. The summed E-state index contributed by atoms with van der Waals surface area (Å²) in [6, 6.07) is 1.76. The van der Waals surface area contributed by atoms with Gasteiger partial charge in [0.25, 0.3) is 0 Å². The van der Waals surface area contributed by atoms with Crippen molar-refractivity contribution in [3.05, 3.63) is 23.8 Å². The minimum atomic E-state index is -0.0532. The quantitative estimate of drug-likeness (QED) is 0.505. The second-order valence-electron chi connectivity index (χ2n) is 1.58. The summed E-state index contributed by atoms with van der Waals surface area (Å²) in [5.41, 5.74) is 0.731. The molecule has 1 aromatic rings. The van der Waals surface area contributed by atoms with Crippen LogP contribution in [0.1, 0.15) is 12.8 Å². The van der Waals surface area contributed by atoms with Gasteiger partial charge in [0.2, 0.25) is 0 Å². The smallest absolute Gasteiger partial charge is 0.158 e. The third-order valence-electron chi connectivity index (χ3n) is 0.825. The molecule has 0 aromatic carbocycles. The van der Waals surface area contributed by atoms with Crippen molar-refractivity contribution >= 4 is 0 Å². The van der Waals surface area contributed by atoms with Crippen LogP contribution < -0.4 is 0 Å². The van der Waals surface area contributed by atoms with E-state index in [2.05, 4.69) is 9.97 Å². The number of hydrogen-bond acceptors (Lipinski definition) is 3. The summed E-state index contributed by atoms with van der Waals surface area (Å²) in [4.78, 5) is 7.41. The molecule has 3 nitrogen and oxygen atoms in total. The van der Waals surface area contributed by atoms with Crippen LogP contribution in [0.3, 0.4) is 0 Å². The molecule has 0 aliphatic rings. The zero-order valence-corrected chi connectivity index (χ0v) is 4.92. The molecule has 9 heavy (non-hydrogen) atoms. The van der Waals surface area contributed by atoms with Gasteiger partial charge in [-0.15, -0.1) is 0 Å². The Morgan fingerprint density at radius 3 is 3.11 bits per heavy atom. The van der Waals surface area contributed by atoms with E-state index in [4.69, 9.17) is 6.63 Å². The molecule has 0 amide bonds. The summed E-state index contributed by atoms with van der Waals surface area (Å²) in [5, 5.41) is 8.34. The Morgan fingerprint density at radius 2 is 2.56 bits per heavy atom. The Balaban J connectivity index is 3.23. The zero-order chi connectivity index (χ0) is 7.56. The number of nitrogens with zero attached hydrogens (tertiary/aromatic N) is 3. The summed E-state index contributed by atoms with van der Waals surface area (Å²) < 4.78 is 7.12. The summed E-state index contributed by atoms with van der Waals surface area (Å²) >= 11 is 0. The van der Waals surface area contributed by atoms with Gasteiger partial charge >= 0.3 is 0 Å². The highest BCUT2D eigenvalue weighted by Gasteiger charge is 1.87. The van der Waals surface area contributed by atoms with Gasteiger partial charge in [-0.3, -0.25) is 4.98 Å². The maximum Gasteiger partial charge on any atom is 0.158 e. The van der Waals surface area contributed by atoms with Crippen LogP contribution in [0.4, 0.5) is 0 Å². The fourth-order valence-electron chi connectivity index (χ4n) is 0.411. The summed E-state index contributed by atoms with van der Waals surface area (Å²) in [7, 11) is 0. The first kappa shape index (κ1) is 4.45. The first-order chi connectivity index (χ1) is 4.74. The van der Waals surface area contributed by atoms with Gasteiger partial charge in [0.1, 0.15) is 6.07 Å². The molecule has 0 aliphatic heterocycles. The molecule has 0 aliphatic carbocycles. The van der Waals surface area contributed by atoms with Crippen LogP contribution in [0.15, 0.2) is 12.4 Å². The van der Waals surface area contributed by atoms with E-state index in [9.17, 15) is 0 Å². The first-order valence-corrected chi connectivity index (χ1v) is 2.44. The van der Waals surface area contributed by atoms with Crippen LogP contribution in [0.2, 0.25) is 0 Å². The van der Waals surface area contributed by atoms with Crippen molar-refractivity contribution in [3.63, 3.8) is 0 Å². The second kappa shape index (κ2) is 2.23. The molecular weight excluding hydrogens is 114 g/mol. The molecule has 1 rings (SSSR count). The molecule has 1 heterocycles. The molecule has 0 unspecified atom stereocenters. The van der Waals surface area contributed by atoms with E-state index in [1.807, 2.05) is 0 Å². The van der Waals surface area contributed by atoms with E-state index < -0.39 is 0 Å². The standard InChI is InChI=1S/C6H5N3/c1-5-3-9-6(2-7)4-8-5/h3-4H,1H3/i4D. The van der Waals surface area contributed by atoms with E-state index in [-0.39, 0.29) is 11.9 Å². The van der Waals surface area contributed by atoms with E-state index in [0.29, 0.717) is 5.69 Å². The Kier molecular flexibility index (Phi) is 1.10. The Labute approximate surface area is 54.4 Å². The summed E-state index contributed by atoms with van der Waals surface area (Å²) in [6.07, 6.45) is 1.42. The van der Waals surface area contributed by atoms with Gasteiger partial charge in [-0.25, -0.2) is 4.98 Å². The lowest BCUT2D eigenvalue weighted by Crippen LogP contribution is -1.85. The lowest BCUT2D eigenvalue weighted by molar-refractivity contribution is 1.09. The number of aromatic nitrogens is 2. The molecule has 0 spiro atoms. The van der Waals surface area contributed by atoms with Crippen molar-refractivity contribution in [1.29, 1.82) is 5.26 Å². The maximum absolute atomic E-state index is 8.34. The lowest BCUT2D eigenvalue weighted by atomic mass is 10.4. The molecule has 44 valence electrons. The third kappa shape index (κ3) is 1.23. The molecule has 0 saturated heterocycles. The first-order valence-electron chi connectivity index (χ1n) is 2.94. The summed E-state index contributed by atoms with van der Waals surface area (Å²) in [5.74, 6) is 0. The van der Waals surface area contributed by atoms with E-state index in [0.717, 1.165) is 0 Å². The van der Waals surface area contributed by atoms with Gasteiger partial charge in [0.05, 0.1) is 13.2 Å². The average Bonchev–Trinajstić information content (AvgIpc) is 1.88. The molecule has 0 bridgehead atoms. The van der Waals surface area contributed by atoms with Gasteiger partial charge in [-0.2, -0.15) is 5.26 Å². The molecule has 0 fully saturated rings. The molecule has 0 radical (unpaired) electrons. The lowest BCUT2D eigenvalue weighted by Gasteiger charge is -1.86. The second-order valence-corrected chi connectivity index (χ2v) is 1.58. The third-order valence-corrected chi connectivity index (χ3v) is 0.825. The predicted octanol–water partition coefficient (Wildman–Crippen LogP) is 0.657. The Hall–Kier alpha value is -1.43. The highest BCUT2D eigenvalue weighted by Crippen LogP contribution is 1.89. The number of rotatable bonds is 0. The van der Waals surface area contributed by atoms with Crippen LogP contribution in [-0.4, -0.2) is 9.97 Å². The van der Waals surface area contributed by atoms with Gasteiger partial charge in [-0.1, -0.05) is 0 Å². The van der Waals surface area contributed by atoms with Crippen LogP contribution in [0, 0.1) is 18.3 Å². The van der Waals surface area contributed by atoms with E-state index in [1.165, 1.54) is 6.20 Å². The topological polar surface area (TPSA) is 49.6 Å². The molecular formula is C6H5N3. The number of nitriles is 1. The fraction of sp³-hybridized carbons (Fsp3) is 0.167. The largest absolute Gasteiger partial charge is 0.257 e. The predicted molar refractivity (Wildman–Crippen MR) is 31.5 cm³/mol. The molecule has 0 atom stereocenters. The number of hydrogen-bond donors (Lipinski definition) is 0. The Morgan fingerprint density at radius 1 is 1.78 bits per heavy atom. The van der Waals surface area contributed by atoms with Crippen LogP contribution in [0.5, 0.6) is 0 Å². The number of aryl methyl sites for hydroxylation is 1. The normalized spacial score (nSPS) is 10.0. The minimum absolute atomic E-state index is 0.0532. The summed E-state index contributed by atoms with van der Waals surface area (Å²) in [6.45, 7) is 1.73. The van der Waals surface area contributed by atoms with Crippen molar-refractivity contribution in [2.24, 2.45) is 0 Å². The molecule has 0 saturated carbocycles. The van der Waals surface area contributed by atoms with Crippen LogP contribution in [0.25, 0.3) is 0 Å². The minimum Gasteiger partial charge on any atom is -0.257 e. The van der Waals surface area contributed by atoms with Crippen LogP contribution in [-0.2, 0) is 0 Å². The maximum atomic E-state index is 8.34. The average molecular weight is 120 g/mol. The molecule has 1 aromatic heterocycles. The highest BCUT2D eigenvalue weighted by atomic mass is 14.8. The van der Waals surface area contributed by atoms with Gasteiger partial charge < -0.3 is 0 Å². The van der Waals surface area contributed by atoms with Crippen LogP contribution >= 0.6 is 0 Å². The highest BCUT2D eigenvalue weighted by molar-refractivity contribution is 5.15. The van der Waals surface area contributed by atoms with Crippen molar-refractivity contribution in [2.45, 2.75) is 6.92 Å². The zero-order valence-electron chi connectivity index (χ0n) is 5.92. The fourth-order valence-corrected chi connectivity index (χ4v) is 0.411. The van der Waals surface area contributed by atoms with Crippen molar-refractivity contribution in [1.82, 2.24) is 9.97 Å². The van der Waals surface area contributed by atoms with E-state index in [1.54, 1.807) is 13.0 Å². The Bertz CT molecular complexity index is 290. The van der Waals surface area contributed by atoms with E-state index >= 15 is 0 Å². The van der Waals surface area contributed by atoms with Gasteiger partial charge in [-0.05, 0) is 6.92 Å². The van der Waals surface area contributed by atoms with Gasteiger partial charge in [0, 0.05) is 6.20 Å². The van der Waals surface area contributed by atoms with Crippen molar-refractivity contribution < 1.29 is 1.37 Å². The van der Waals surface area contributed by atoms with Crippen molar-refractivity contribution in [3.8, 4) is 6.07 Å². The SMILES string of the molecule is [2H]c1nc(C)cnc1C#N. The van der Waals surface area contributed by atoms with Gasteiger partial charge in [0.15, 0.2) is 5.69 Å².